The van der Waals surface area contributed by atoms with Crippen molar-refractivity contribution in [1.82, 2.24) is 4.98 Å². The molecule has 3 rings (SSSR count). The molecular weight excluding hydrogens is 474 g/mol. The molecule has 2 bridgehead atoms. The number of carbonyl (C=O) groups excluding carboxylic acids is 2. The highest BCUT2D eigenvalue weighted by Crippen LogP contribution is 2.34. The smallest absolute Gasteiger partial charge is 0.309 e. The molecule has 36 heavy (non-hydrogen) atoms. The van der Waals surface area contributed by atoms with Crippen LogP contribution in [0.3, 0.4) is 0 Å². The SMILES string of the molecule is CC(=Cc1csc(C)n1)[C@@H]1C/C=C(/C)Cc2cccc(c2)[C@H](O)[C@@H](C)C(=O)C(C)(C)[C@@H](O)CC(=O)O1. The summed E-state index contributed by atoms with van der Waals surface area (Å²) in [6, 6.07) is 7.61. The van der Waals surface area contributed by atoms with Gasteiger partial charge in [-0.2, -0.15) is 0 Å². The van der Waals surface area contributed by atoms with Crippen molar-refractivity contribution >= 4 is 29.2 Å². The standard InChI is InChI=1S/C29H37NO5S/c1-17-10-11-24(18(2)13-23-16-36-20(4)30-23)35-26(32)15-25(31)29(5,6)28(34)19(3)27(33)22-9-7-8-21(12-17)14-22/h7-10,13-14,16,19,24-25,27,31,33H,11-12,15H2,1-6H3/b17-10-,18-13?/t19-,24+,25+,27-/m1/s1. The number of esters is 1. The van der Waals surface area contributed by atoms with Gasteiger partial charge < -0.3 is 14.9 Å². The maximum absolute atomic E-state index is 13.3. The van der Waals surface area contributed by atoms with Crippen LogP contribution in [0.15, 0.2) is 46.9 Å². The summed E-state index contributed by atoms with van der Waals surface area (Å²) >= 11 is 1.55. The highest BCUT2D eigenvalue weighted by atomic mass is 32.1. The monoisotopic (exact) mass is 511 g/mol. The topological polar surface area (TPSA) is 96.7 Å². The number of ether oxygens (including phenoxy) is 1. The molecule has 6 nitrogen and oxygen atoms in total. The first-order valence-electron chi connectivity index (χ1n) is 12.3. The molecule has 2 N–H and O–H groups in total. The summed E-state index contributed by atoms with van der Waals surface area (Å²) in [5, 5.41) is 24.8. The van der Waals surface area contributed by atoms with Gasteiger partial charge >= 0.3 is 5.97 Å². The zero-order valence-electron chi connectivity index (χ0n) is 21.9. The van der Waals surface area contributed by atoms with E-state index in [0.717, 1.165) is 27.4 Å². The van der Waals surface area contributed by atoms with Gasteiger partial charge in [0.05, 0.1) is 34.7 Å². The summed E-state index contributed by atoms with van der Waals surface area (Å²) in [6.45, 7) is 10.7. The van der Waals surface area contributed by atoms with Gasteiger partial charge in [-0.15, -0.1) is 11.3 Å². The van der Waals surface area contributed by atoms with E-state index in [1.165, 1.54) is 0 Å². The average molecular weight is 512 g/mol. The lowest BCUT2D eigenvalue weighted by Crippen LogP contribution is -2.43. The Kier molecular flexibility index (Phi) is 9.03. The number of aryl methyl sites for hydroxylation is 1. The molecule has 0 fully saturated rings. The van der Waals surface area contributed by atoms with Gasteiger partial charge in [-0.1, -0.05) is 56.7 Å². The second-order valence-corrected chi connectivity index (χ2v) is 11.5. The maximum Gasteiger partial charge on any atom is 0.309 e. The van der Waals surface area contributed by atoms with E-state index in [-0.39, 0.29) is 12.2 Å². The summed E-state index contributed by atoms with van der Waals surface area (Å²) < 4.78 is 5.83. The number of aliphatic hydroxyl groups excluding tert-OH is 2. The lowest BCUT2D eigenvalue weighted by atomic mass is 9.74. The van der Waals surface area contributed by atoms with Gasteiger partial charge in [-0.3, -0.25) is 9.59 Å². The van der Waals surface area contributed by atoms with Crippen LogP contribution >= 0.6 is 11.3 Å². The molecular formula is C29H37NO5S. The van der Waals surface area contributed by atoms with Gasteiger partial charge in [-0.25, -0.2) is 4.98 Å². The summed E-state index contributed by atoms with van der Waals surface area (Å²) in [6.07, 6.45) is 2.00. The first-order chi connectivity index (χ1) is 16.9. The number of benzene rings is 1. The highest BCUT2D eigenvalue weighted by molar-refractivity contribution is 7.09. The van der Waals surface area contributed by atoms with Crippen LogP contribution in [0.5, 0.6) is 0 Å². The molecule has 0 saturated heterocycles. The van der Waals surface area contributed by atoms with Gasteiger partial charge in [0, 0.05) is 17.7 Å². The molecule has 1 aromatic carbocycles. The number of aliphatic hydroxyl groups is 2. The van der Waals surface area contributed by atoms with E-state index in [1.807, 2.05) is 56.5 Å². The van der Waals surface area contributed by atoms with Crippen molar-refractivity contribution in [2.45, 2.75) is 79.1 Å². The number of ketones is 1. The predicted octanol–water partition coefficient (Wildman–Crippen LogP) is 5.38. The van der Waals surface area contributed by atoms with Crippen molar-refractivity contribution in [2.24, 2.45) is 11.3 Å². The van der Waals surface area contributed by atoms with E-state index in [4.69, 9.17) is 4.74 Å². The van der Waals surface area contributed by atoms with Crippen molar-refractivity contribution in [1.29, 1.82) is 0 Å². The normalized spacial score (nSPS) is 27.8. The van der Waals surface area contributed by atoms with Crippen LogP contribution in [0.25, 0.3) is 6.08 Å². The Hall–Kier alpha value is -2.61. The first kappa shape index (κ1) is 28.0. The number of aromatic nitrogens is 1. The quantitative estimate of drug-likeness (QED) is 0.415. The number of carbonyl (C=O) groups is 2. The van der Waals surface area contributed by atoms with Crippen molar-refractivity contribution < 1.29 is 24.5 Å². The number of Topliss-reactive ketones (excluding diaryl/α,β-unsaturated/α-hetero) is 1. The average Bonchev–Trinajstić information content (AvgIpc) is 3.23. The van der Waals surface area contributed by atoms with Gasteiger partial charge in [0.2, 0.25) is 0 Å². The Morgan fingerprint density at radius 3 is 2.61 bits per heavy atom. The molecule has 0 radical (unpaired) electrons. The van der Waals surface area contributed by atoms with Gasteiger partial charge in [0.15, 0.2) is 0 Å². The molecule has 0 amide bonds. The summed E-state index contributed by atoms with van der Waals surface area (Å²) in [5.41, 5.74) is 3.19. The number of thiazole rings is 1. The number of allylic oxidation sites excluding steroid dienone is 1. The lowest BCUT2D eigenvalue weighted by molar-refractivity contribution is -0.153. The zero-order valence-corrected chi connectivity index (χ0v) is 22.8. The van der Waals surface area contributed by atoms with Crippen LogP contribution in [0.4, 0.5) is 0 Å². The molecule has 1 aromatic heterocycles. The minimum absolute atomic E-state index is 0.310. The van der Waals surface area contributed by atoms with E-state index < -0.39 is 35.6 Å². The second-order valence-electron chi connectivity index (χ2n) is 10.4. The molecule has 0 unspecified atom stereocenters. The van der Waals surface area contributed by atoms with Crippen LogP contribution in [-0.4, -0.2) is 39.2 Å². The third-order valence-electron chi connectivity index (χ3n) is 6.97. The first-order valence-corrected chi connectivity index (χ1v) is 13.2. The minimum atomic E-state index is -1.25. The Balaban J connectivity index is 1.98. The Labute approximate surface area is 217 Å². The molecule has 1 aliphatic rings. The number of hydrogen-bond acceptors (Lipinski definition) is 7. The van der Waals surface area contributed by atoms with Crippen LogP contribution in [0.2, 0.25) is 0 Å². The van der Waals surface area contributed by atoms with E-state index in [9.17, 15) is 19.8 Å². The van der Waals surface area contributed by atoms with Crippen LogP contribution in [0.1, 0.15) is 75.4 Å². The fourth-order valence-electron chi connectivity index (χ4n) is 4.49. The molecule has 0 saturated carbocycles. The van der Waals surface area contributed by atoms with Gasteiger partial charge in [0.25, 0.3) is 0 Å². The molecule has 194 valence electrons. The summed E-state index contributed by atoms with van der Waals surface area (Å²) in [4.78, 5) is 30.7. The fourth-order valence-corrected chi connectivity index (χ4v) is 5.06. The zero-order chi connectivity index (χ0) is 26.6. The molecule has 7 heteroatoms. The third kappa shape index (κ3) is 6.78. The van der Waals surface area contributed by atoms with Crippen LogP contribution in [0, 0.1) is 18.3 Å². The fraction of sp³-hybridized carbons (Fsp3) is 0.483. The Morgan fingerprint density at radius 1 is 1.22 bits per heavy atom. The van der Waals surface area contributed by atoms with Crippen LogP contribution < -0.4 is 0 Å². The van der Waals surface area contributed by atoms with Crippen molar-refractivity contribution in [3.8, 4) is 0 Å². The van der Waals surface area contributed by atoms with Crippen molar-refractivity contribution in [3.63, 3.8) is 0 Å². The van der Waals surface area contributed by atoms with E-state index in [2.05, 4.69) is 11.1 Å². The number of hydrogen-bond donors (Lipinski definition) is 2. The Bertz CT molecular complexity index is 1160. The molecule has 1 aliphatic heterocycles. The lowest BCUT2D eigenvalue weighted by Gasteiger charge is -2.33. The van der Waals surface area contributed by atoms with Gasteiger partial charge in [-0.05, 0) is 50.0 Å². The number of fused-ring (bicyclic) bond motifs is 2. The maximum atomic E-state index is 13.3. The molecule has 2 heterocycles. The van der Waals surface area contributed by atoms with E-state index >= 15 is 0 Å². The number of cyclic esters (lactones) is 1. The summed E-state index contributed by atoms with van der Waals surface area (Å²) in [5.74, 6) is -1.65. The summed E-state index contributed by atoms with van der Waals surface area (Å²) in [7, 11) is 0. The highest BCUT2D eigenvalue weighted by Gasteiger charge is 2.41. The van der Waals surface area contributed by atoms with E-state index in [1.54, 1.807) is 32.1 Å². The molecule has 2 aromatic rings. The predicted molar refractivity (Wildman–Crippen MR) is 142 cm³/mol. The largest absolute Gasteiger partial charge is 0.457 e. The van der Waals surface area contributed by atoms with Crippen LogP contribution in [-0.2, 0) is 20.7 Å². The third-order valence-corrected chi connectivity index (χ3v) is 7.76. The minimum Gasteiger partial charge on any atom is -0.457 e. The molecule has 4 atom stereocenters. The Morgan fingerprint density at radius 2 is 1.94 bits per heavy atom. The van der Waals surface area contributed by atoms with E-state index in [0.29, 0.717) is 18.4 Å². The molecule has 0 aliphatic carbocycles. The van der Waals surface area contributed by atoms with Crippen molar-refractivity contribution in [2.75, 3.05) is 0 Å². The second kappa shape index (κ2) is 11.6. The van der Waals surface area contributed by atoms with Gasteiger partial charge in [0.1, 0.15) is 11.9 Å². The number of nitrogens with zero attached hydrogens (tertiary/aromatic N) is 1. The molecule has 0 spiro atoms. The van der Waals surface area contributed by atoms with Crippen molar-refractivity contribution in [3.05, 3.63) is 68.7 Å². The number of rotatable bonds is 2.